The van der Waals surface area contributed by atoms with E-state index in [0.717, 1.165) is 50.5 Å². The fraction of sp³-hybridized carbons (Fsp3) is 0.429. The summed E-state index contributed by atoms with van der Waals surface area (Å²) in [4.78, 5) is 11.3. The van der Waals surface area contributed by atoms with Crippen LogP contribution in [-0.4, -0.2) is 41.5 Å². The number of hydrogen-bond acceptors (Lipinski definition) is 3. The first kappa shape index (κ1) is 19.6. The molecule has 0 radical (unpaired) electrons. The highest BCUT2D eigenvalue weighted by molar-refractivity contribution is 6.29. The number of piperidine rings is 1. The lowest BCUT2D eigenvalue weighted by Gasteiger charge is -2.33. The van der Waals surface area contributed by atoms with Crippen molar-refractivity contribution in [3.8, 4) is 0 Å². The number of halogens is 1. The highest BCUT2D eigenvalue weighted by Gasteiger charge is 2.20. The van der Waals surface area contributed by atoms with Crippen molar-refractivity contribution in [2.75, 3.05) is 19.6 Å². The third kappa shape index (κ3) is 6.52. The minimum absolute atomic E-state index is 0.457. The Bertz CT molecular complexity index is 709. The zero-order valence-corrected chi connectivity index (χ0v) is 16.6. The summed E-state index contributed by atoms with van der Waals surface area (Å²) in [6.07, 6.45) is 4.02. The average Bonchev–Trinajstić information content (AvgIpc) is 2.70. The van der Waals surface area contributed by atoms with Crippen molar-refractivity contribution in [1.29, 1.82) is 0 Å². The first-order valence-corrected chi connectivity index (χ1v) is 10.0. The topological polar surface area (TPSA) is 52.6 Å². The fourth-order valence-electron chi connectivity index (χ4n) is 3.26. The summed E-state index contributed by atoms with van der Waals surface area (Å²) in [6.45, 7) is 6.76. The largest absolute Gasteiger partial charge is 0.357 e. The Kier molecular flexibility index (Phi) is 7.48. The maximum absolute atomic E-state index is 5.84. The van der Waals surface area contributed by atoms with Crippen LogP contribution in [0, 0.1) is 0 Å². The van der Waals surface area contributed by atoms with Crippen LogP contribution in [0.2, 0.25) is 5.15 Å². The van der Waals surface area contributed by atoms with E-state index in [0.29, 0.717) is 17.7 Å². The van der Waals surface area contributed by atoms with Gasteiger partial charge in [-0.2, -0.15) is 0 Å². The van der Waals surface area contributed by atoms with Crippen LogP contribution < -0.4 is 10.6 Å². The Morgan fingerprint density at radius 3 is 2.59 bits per heavy atom. The molecule has 0 atom stereocenters. The van der Waals surface area contributed by atoms with Gasteiger partial charge in [-0.05, 0) is 37.0 Å². The maximum Gasteiger partial charge on any atom is 0.191 e. The molecular weight excluding hydrogens is 358 g/mol. The summed E-state index contributed by atoms with van der Waals surface area (Å²) in [5.74, 6) is 0.869. The fourth-order valence-corrected chi connectivity index (χ4v) is 3.37. The van der Waals surface area contributed by atoms with Crippen molar-refractivity contribution in [3.63, 3.8) is 0 Å². The molecule has 0 bridgehead atoms. The maximum atomic E-state index is 5.84. The molecule has 5 nitrogen and oxygen atoms in total. The van der Waals surface area contributed by atoms with Gasteiger partial charge in [0.25, 0.3) is 0 Å². The van der Waals surface area contributed by atoms with Crippen LogP contribution in [0.1, 0.15) is 30.9 Å². The van der Waals surface area contributed by atoms with Gasteiger partial charge in [0, 0.05) is 38.4 Å². The number of rotatable bonds is 6. The summed E-state index contributed by atoms with van der Waals surface area (Å²) < 4.78 is 0. The van der Waals surface area contributed by atoms with Crippen LogP contribution in [0.25, 0.3) is 0 Å². The summed E-state index contributed by atoms with van der Waals surface area (Å²) >= 11 is 5.84. The van der Waals surface area contributed by atoms with Crippen molar-refractivity contribution < 1.29 is 0 Å². The van der Waals surface area contributed by atoms with E-state index in [-0.39, 0.29) is 0 Å². The van der Waals surface area contributed by atoms with Crippen molar-refractivity contribution >= 4 is 17.6 Å². The van der Waals surface area contributed by atoms with E-state index in [2.05, 4.69) is 57.8 Å². The highest BCUT2D eigenvalue weighted by Crippen LogP contribution is 2.14. The number of nitrogens with zero attached hydrogens (tertiary/aromatic N) is 3. The second-order valence-electron chi connectivity index (χ2n) is 6.86. The lowest BCUT2D eigenvalue weighted by Crippen LogP contribution is -2.48. The molecule has 27 heavy (non-hydrogen) atoms. The summed E-state index contributed by atoms with van der Waals surface area (Å²) in [6, 6.07) is 14.9. The zero-order chi connectivity index (χ0) is 18.9. The summed E-state index contributed by atoms with van der Waals surface area (Å²) in [5.41, 5.74) is 2.43. The molecule has 6 heteroatoms. The van der Waals surface area contributed by atoms with E-state index in [1.54, 1.807) is 12.3 Å². The molecule has 1 aromatic heterocycles. The number of guanidine groups is 1. The molecule has 0 amide bonds. The van der Waals surface area contributed by atoms with E-state index < -0.39 is 0 Å². The Morgan fingerprint density at radius 1 is 1.15 bits per heavy atom. The van der Waals surface area contributed by atoms with Crippen molar-refractivity contribution in [1.82, 2.24) is 20.5 Å². The van der Waals surface area contributed by atoms with E-state index in [9.17, 15) is 0 Å². The molecule has 0 spiro atoms. The first-order valence-electron chi connectivity index (χ1n) is 9.64. The van der Waals surface area contributed by atoms with Crippen LogP contribution in [0.3, 0.4) is 0 Å². The molecule has 1 aliphatic heterocycles. The highest BCUT2D eigenvalue weighted by atomic mass is 35.5. The van der Waals surface area contributed by atoms with E-state index in [1.807, 2.05) is 6.07 Å². The normalized spacial score (nSPS) is 16.3. The quantitative estimate of drug-likeness (QED) is 0.454. The number of benzene rings is 1. The Morgan fingerprint density at radius 2 is 1.93 bits per heavy atom. The van der Waals surface area contributed by atoms with Gasteiger partial charge in [0.15, 0.2) is 5.96 Å². The molecule has 3 rings (SSSR count). The van der Waals surface area contributed by atoms with E-state index in [1.165, 1.54) is 5.56 Å². The van der Waals surface area contributed by atoms with Crippen LogP contribution >= 0.6 is 11.6 Å². The van der Waals surface area contributed by atoms with Crippen molar-refractivity contribution in [2.45, 2.75) is 38.9 Å². The number of aromatic nitrogens is 1. The molecule has 2 aromatic rings. The minimum Gasteiger partial charge on any atom is -0.357 e. The minimum atomic E-state index is 0.457. The number of hydrogen-bond donors (Lipinski definition) is 2. The van der Waals surface area contributed by atoms with Gasteiger partial charge >= 0.3 is 0 Å². The number of likely N-dealkylation sites (tertiary alicyclic amines) is 1. The molecule has 0 saturated carbocycles. The van der Waals surface area contributed by atoms with Gasteiger partial charge in [0.05, 0.1) is 6.54 Å². The Hall–Kier alpha value is -2.11. The van der Waals surface area contributed by atoms with E-state index >= 15 is 0 Å². The Balaban J connectivity index is 1.48. The van der Waals surface area contributed by atoms with E-state index in [4.69, 9.17) is 16.6 Å². The molecule has 1 aliphatic rings. The molecule has 144 valence electrons. The van der Waals surface area contributed by atoms with Gasteiger partial charge in [-0.25, -0.2) is 9.98 Å². The van der Waals surface area contributed by atoms with Crippen LogP contribution in [0.4, 0.5) is 0 Å². The molecular formula is C21H28ClN5. The molecule has 0 aliphatic carbocycles. The number of pyridine rings is 1. The summed E-state index contributed by atoms with van der Waals surface area (Å²) in [5, 5.41) is 7.44. The number of aliphatic imine (C=N–C) groups is 1. The SMILES string of the molecule is CCNC(=NCc1ccc(Cl)nc1)NC1CCN(Cc2ccccc2)CC1. The molecule has 0 unspecified atom stereocenters. The molecule has 1 saturated heterocycles. The third-order valence-electron chi connectivity index (χ3n) is 4.73. The molecule has 2 heterocycles. The van der Waals surface area contributed by atoms with Gasteiger partial charge in [-0.15, -0.1) is 0 Å². The van der Waals surface area contributed by atoms with Gasteiger partial charge in [0.1, 0.15) is 5.15 Å². The van der Waals surface area contributed by atoms with Crippen LogP contribution in [0.5, 0.6) is 0 Å². The third-order valence-corrected chi connectivity index (χ3v) is 4.95. The van der Waals surface area contributed by atoms with Gasteiger partial charge in [-0.3, -0.25) is 4.90 Å². The molecule has 1 fully saturated rings. The van der Waals surface area contributed by atoms with Crippen molar-refractivity contribution in [2.24, 2.45) is 4.99 Å². The smallest absolute Gasteiger partial charge is 0.191 e. The standard InChI is InChI=1S/C21H28ClN5/c1-2-23-21(25-15-18-8-9-20(22)24-14-18)26-19-10-12-27(13-11-19)16-17-6-4-3-5-7-17/h3-9,14,19H,2,10-13,15-16H2,1H3,(H2,23,25,26). The second-order valence-corrected chi connectivity index (χ2v) is 7.25. The lowest BCUT2D eigenvalue weighted by molar-refractivity contribution is 0.198. The number of nitrogens with one attached hydrogen (secondary N) is 2. The van der Waals surface area contributed by atoms with Crippen LogP contribution in [-0.2, 0) is 13.1 Å². The predicted molar refractivity (Wildman–Crippen MR) is 112 cm³/mol. The van der Waals surface area contributed by atoms with Crippen LogP contribution in [0.15, 0.2) is 53.7 Å². The lowest BCUT2D eigenvalue weighted by atomic mass is 10.0. The Labute approximate surface area is 166 Å². The molecule has 1 aromatic carbocycles. The first-order chi connectivity index (χ1) is 13.2. The van der Waals surface area contributed by atoms with Gasteiger partial charge < -0.3 is 10.6 Å². The van der Waals surface area contributed by atoms with Crippen molar-refractivity contribution in [3.05, 3.63) is 64.9 Å². The van der Waals surface area contributed by atoms with Gasteiger partial charge in [-0.1, -0.05) is 48.0 Å². The summed E-state index contributed by atoms with van der Waals surface area (Å²) in [7, 11) is 0. The zero-order valence-electron chi connectivity index (χ0n) is 15.9. The molecule has 2 N–H and O–H groups in total. The average molecular weight is 386 g/mol. The second kappa shape index (κ2) is 10.3. The predicted octanol–water partition coefficient (Wildman–Crippen LogP) is 3.45. The monoisotopic (exact) mass is 385 g/mol. The van der Waals surface area contributed by atoms with Gasteiger partial charge in [0.2, 0.25) is 0 Å².